The Morgan fingerprint density at radius 2 is 2.05 bits per heavy atom. The van der Waals surface area contributed by atoms with Crippen LogP contribution in [-0.2, 0) is 11.3 Å². The highest BCUT2D eigenvalue weighted by atomic mass is 16.5. The van der Waals surface area contributed by atoms with Crippen LogP contribution >= 0.6 is 0 Å². The molecule has 0 radical (unpaired) electrons. The molecule has 2 aromatic rings. The first-order valence-corrected chi connectivity index (χ1v) is 6.65. The highest BCUT2D eigenvalue weighted by Gasteiger charge is 1.97. The van der Waals surface area contributed by atoms with Crippen molar-refractivity contribution in [3.05, 3.63) is 48.5 Å². The highest BCUT2D eigenvalue weighted by Crippen LogP contribution is 2.08. The monoisotopic (exact) mass is 259 g/mol. The van der Waals surface area contributed by atoms with Crippen molar-refractivity contribution in [3.63, 3.8) is 0 Å². The van der Waals surface area contributed by atoms with Crippen LogP contribution < -0.4 is 5.32 Å². The predicted molar refractivity (Wildman–Crippen MR) is 76.4 cm³/mol. The molecule has 1 N–H and O–H groups in total. The molecule has 1 aromatic heterocycles. The molecule has 1 heterocycles. The van der Waals surface area contributed by atoms with E-state index in [1.165, 1.54) is 5.56 Å². The molecule has 4 heteroatoms. The minimum Gasteiger partial charge on any atom is -0.377 e. The summed E-state index contributed by atoms with van der Waals surface area (Å²) in [6.07, 6.45) is 5.83. The largest absolute Gasteiger partial charge is 0.377 e. The molecular formula is C15H21N3O. The summed E-state index contributed by atoms with van der Waals surface area (Å²) in [5.74, 6) is 0. The Bertz CT molecular complexity index is 463. The standard InChI is InChI=1S/C15H21N3O/c1-13(2)19-10-8-16-11-14-3-5-15(6-4-14)18-9-7-17-12-18/h3-7,9,12-13,16H,8,10-11H2,1-2H3. The Balaban J connectivity index is 1.76. The zero-order valence-corrected chi connectivity index (χ0v) is 11.5. The molecule has 0 aliphatic carbocycles. The first kappa shape index (κ1) is 13.8. The zero-order valence-electron chi connectivity index (χ0n) is 11.5. The van der Waals surface area contributed by atoms with Crippen molar-refractivity contribution in [3.8, 4) is 5.69 Å². The van der Waals surface area contributed by atoms with E-state index in [0.29, 0.717) is 6.10 Å². The molecule has 0 unspecified atom stereocenters. The average Bonchev–Trinajstić information content (AvgIpc) is 2.93. The van der Waals surface area contributed by atoms with Gasteiger partial charge >= 0.3 is 0 Å². The van der Waals surface area contributed by atoms with E-state index in [1.54, 1.807) is 12.5 Å². The van der Waals surface area contributed by atoms with Crippen molar-refractivity contribution in [2.75, 3.05) is 13.2 Å². The van der Waals surface area contributed by atoms with E-state index in [1.807, 2.05) is 10.8 Å². The Morgan fingerprint density at radius 1 is 1.26 bits per heavy atom. The van der Waals surface area contributed by atoms with Crippen molar-refractivity contribution in [2.45, 2.75) is 26.5 Å². The SMILES string of the molecule is CC(C)OCCNCc1ccc(-n2ccnc2)cc1. The van der Waals surface area contributed by atoms with Crippen LogP contribution in [0.15, 0.2) is 43.0 Å². The van der Waals surface area contributed by atoms with E-state index in [4.69, 9.17) is 4.74 Å². The molecule has 0 saturated carbocycles. The highest BCUT2D eigenvalue weighted by molar-refractivity contribution is 5.34. The topological polar surface area (TPSA) is 39.1 Å². The lowest BCUT2D eigenvalue weighted by Crippen LogP contribution is -2.20. The molecule has 1 aromatic carbocycles. The van der Waals surface area contributed by atoms with Gasteiger partial charge < -0.3 is 14.6 Å². The first-order valence-electron chi connectivity index (χ1n) is 6.65. The number of imidazole rings is 1. The van der Waals surface area contributed by atoms with Gasteiger partial charge in [-0.15, -0.1) is 0 Å². The number of ether oxygens (including phenoxy) is 1. The van der Waals surface area contributed by atoms with Gasteiger partial charge in [-0.2, -0.15) is 0 Å². The van der Waals surface area contributed by atoms with E-state index >= 15 is 0 Å². The maximum absolute atomic E-state index is 5.48. The lowest BCUT2D eigenvalue weighted by Gasteiger charge is -2.09. The van der Waals surface area contributed by atoms with Crippen LogP contribution in [-0.4, -0.2) is 28.8 Å². The molecule has 0 amide bonds. The lowest BCUT2D eigenvalue weighted by molar-refractivity contribution is 0.0807. The van der Waals surface area contributed by atoms with Crippen LogP contribution in [0.5, 0.6) is 0 Å². The van der Waals surface area contributed by atoms with Crippen molar-refractivity contribution >= 4 is 0 Å². The Kier molecular flexibility index (Phi) is 5.12. The molecule has 0 spiro atoms. The number of nitrogens with one attached hydrogen (secondary N) is 1. The second kappa shape index (κ2) is 7.07. The molecule has 0 atom stereocenters. The molecule has 0 bridgehead atoms. The number of aromatic nitrogens is 2. The van der Waals surface area contributed by atoms with E-state index < -0.39 is 0 Å². The molecule has 0 aliphatic rings. The van der Waals surface area contributed by atoms with Gasteiger partial charge in [-0.3, -0.25) is 0 Å². The fourth-order valence-corrected chi connectivity index (χ4v) is 1.80. The summed E-state index contributed by atoms with van der Waals surface area (Å²) in [7, 11) is 0. The maximum Gasteiger partial charge on any atom is 0.0991 e. The van der Waals surface area contributed by atoms with E-state index in [2.05, 4.69) is 48.4 Å². The van der Waals surface area contributed by atoms with Gasteiger partial charge in [0.25, 0.3) is 0 Å². The summed E-state index contributed by atoms with van der Waals surface area (Å²) in [5.41, 5.74) is 2.40. The van der Waals surface area contributed by atoms with Crippen molar-refractivity contribution in [2.24, 2.45) is 0 Å². The third kappa shape index (κ3) is 4.50. The minimum atomic E-state index is 0.302. The first-order chi connectivity index (χ1) is 9.25. The van der Waals surface area contributed by atoms with Gasteiger partial charge in [0.1, 0.15) is 0 Å². The third-order valence-corrected chi connectivity index (χ3v) is 2.80. The lowest BCUT2D eigenvalue weighted by atomic mass is 10.2. The third-order valence-electron chi connectivity index (χ3n) is 2.80. The van der Waals surface area contributed by atoms with Gasteiger partial charge in [-0.05, 0) is 31.5 Å². The molecule has 0 saturated heterocycles. The van der Waals surface area contributed by atoms with Crippen LogP contribution in [0, 0.1) is 0 Å². The Morgan fingerprint density at radius 3 is 2.68 bits per heavy atom. The Hall–Kier alpha value is -1.65. The predicted octanol–water partition coefficient (Wildman–Crippen LogP) is 2.39. The van der Waals surface area contributed by atoms with Crippen molar-refractivity contribution in [1.29, 1.82) is 0 Å². The normalized spacial score (nSPS) is 11.1. The summed E-state index contributed by atoms with van der Waals surface area (Å²) in [6.45, 7) is 6.60. The van der Waals surface area contributed by atoms with Crippen molar-refractivity contribution < 1.29 is 4.74 Å². The molecular weight excluding hydrogens is 238 g/mol. The quantitative estimate of drug-likeness (QED) is 0.776. The number of hydrogen-bond acceptors (Lipinski definition) is 3. The second-order valence-electron chi connectivity index (χ2n) is 4.73. The van der Waals surface area contributed by atoms with Gasteiger partial charge in [-0.25, -0.2) is 4.98 Å². The number of hydrogen-bond donors (Lipinski definition) is 1. The van der Waals surface area contributed by atoms with Gasteiger partial charge in [0.15, 0.2) is 0 Å². The molecule has 0 aliphatic heterocycles. The van der Waals surface area contributed by atoms with Crippen LogP contribution in [0.3, 0.4) is 0 Å². The van der Waals surface area contributed by atoms with E-state index in [9.17, 15) is 0 Å². The molecule has 2 rings (SSSR count). The smallest absolute Gasteiger partial charge is 0.0991 e. The Labute approximate surface area is 114 Å². The summed E-state index contributed by atoms with van der Waals surface area (Å²) in [6, 6.07) is 8.46. The van der Waals surface area contributed by atoms with Crippen LogP contribution in [0.4, 0.5) is 0 Å². The van der Waals surface area contributed by atoms with Crippen LogP contribution in [0.25, 0.3) is 5.69 Å². The van der Waals surface area contributed by atoms with Crippen molar-refractivity contribution in [1.82, 2.24) is 14.9 Å². The number of rotatable bonds is 7. The molecule has 4 nitrogen and oxygen atoms in total. The van der Waals surface area contributed by atoms with Gasteiger partial charge in [0.2, 0.25) is 0 Å². The molecule has 19 heavy (non-hydrogen) atoms. The summed E-state index contributed by atoms with van der Waals surface area (Å²) in [5, 5.41) is 3.37. The van der Waals surface area contributed by atoms with Crippen LogP contribution in [0.2, 0.25) is 0 Å². The van der Waals surface area contributed by atoms with E-state index in [0.717, 1.165) is 25.4 Å². The summed E-state index contributed by atoms with van der Waals surface area (Å²) in [4.78, 5) is 4.04. The summed E-state index contributed by atoms with van der Waals surface area (Å²) < 4.78 is 7.47. The zero-order chi connectivity index (χ0) is 13.5. The van der Waals surface area contributed by atoms with Gasteiger partial charge in [-0.1, -0.05) is 12.1 Å². The number of nitrogens with zero attached hydrogens (tertiary/aromatic N) is 2. The fourth-order valence-electron chi connectivity index (χ4n) is 1.80. The second-order valence-corrected chi connectivity index (χ2v) is 4.73. The fraction of sp³-hybridized carbons (Fsp3) is 0.400. The van der Waals surface area contributed by atoms with E-state index in [-0.39, 0.29) is 0 Å². The maximum atomic E-state index is 5.48. The molecule has 102 valence electrons. The number of benzene rings is 1. The average molecular weight is 259 g/mol. The van der Waals surface area contributed by atoms with Crippen LogP contribution in [0.1, 0.15) is 19.4 Å². The summed E-state index contributed by atoms with van der Waals surface area (Å²) >= 11 is 0. The molecule has 0 fully saturated rings. The minimum absolute atomic E-state index is 0.302. The van der Waals surface area contributed by atoms with Gasteiger partial charge in [0, 0.05) is 31.2 Å². The van der Waals surface area contributed by atoms with Gasteiger partial charge in [0.05, 0.1) is 19.0 Å².